The number of nitrogens with one attached hydrogen (secondary N) is 2. The Morgan fingerprint density at radius 3 is 1.30 bits per heavy atom. The highest BCUT2D eigenvalue weighted by Crippen LogP contribution is 2.10. The van der Waals surface area contributed by atoms with Crippen LogP contribution in [0, 0.1) is 0 Å². The Kier molecular flexibility index (Phi) is 10.8. The zero-order valence-corrected chi connectivity index (χ0v) is 22.2. The summed E-state index contributed by atoms with van der Waals surface area (Å²) >= 11 is 0. The molecule has 8 nitrogen and oxygen atoms in total. The summed E-state index contributed by atoms with van der Waals surface area (Å²) in [6.07, 6.45) is 7.21. The Bertz CT molecular complexity index is 1220. The Hall–Kier alpha value is -4.98. The fraction of sp³-hybridized carbons (Fsp3) is 0.188. The van der Waals surface area contributed by atoms with Crippen molar-refractivity contribution in [1.82, 2.24) is 20.8 Å². The van der Waals surface area contributed by atoms with E-state index in [1.165, 1.54) is 0 Å². The second kappa shape index (κ2) is 15.4. The van der Waals surface area contributed by atoms with Crippen molar-refractivity contribution in [3.05, 3.63) is 132 Å². The number of aromatic nitrogens is 2. The summed E-state index contributed by atoms with van der Waals surface area (Å²) in [6, 6.07) is 30.5. The Morgan fingerprint density at radius 1 is 0.525 bits per heavy atom. The van der Waals surface area contributed by atoms with E-state index in [0.717, 1.165) is 24.0 Å². The third kappa shape index (κ3) is 8.80. The Morgan fingerprint density at radius 2 is 0.925 bits per heavy atom. The summed E-state index contributed by atoms with van der Waals surface area (Å²) in [4.78, 5) is 33.6. The van der Waals surface area contributed by atoms with Gasteiger partial charge in [0, 0.05) is 36.4 Å². The molecule has 0 unspecified atom stereocenters. The lowest BCUT2D eigenvalue weighted by molar-refractivity contribution is -0.122. The normalized spacial score (nSPS) is 11.6. The molecule has 2 aromatic carbocycles. The molecule has 0 bridgehead atoms. The Balaban J connectivity index is 1.19. The number of carbonyl (C=O) groups is 2. The fourth-order valence-electron chi connectivity index (χ4n) is 4.01. The van der Waals surface area contributed by atoms with Crippen LogP contribution in [0.4, 0.5) is 0 Å². The predicted molar refractivity (Wildman–Crippen MR) is 157 cm³/mol. The van der Waals surface area contributed by atoms with Crippen LogP contribution in [0.2, 0.25) is 0 Å². The first kappa shape index (κ1) is 28.0. The summed E-state index contributed by atoms with van der Waals surface area (Å²) in [6.45, 7) is 0. The maximum Gasteiger partial charge on any atom is 0.240 e. The molecule has 0 fully saturated rings. The van der Waals surface area contributed by atoms with E-state index in [2.05, 4.69) is 31.0 Å². The van der Waals surface area contributed by atoms with Gasteiger partial charge in [-0.25, -0.2) is 10.9 Å². The van der Waals surface area contributed by atoms with E-state index < -0.39 is 0 Å². The number of nitrogens with zero attached hydrogens (tertiary/aromatic N) is 4. The van der Waals surface area contributed by atoms with E-state index in [9.17, 15) is 9.59 Å². The monoisotopic (exact) mass is 532 g/mol. The molecule has 0 spiro atoms. The number of unbranched alkanes of at least 4 members (excludes halogenated alkanes) is 3. The van der Waals surface area contributed by atoms with Crippen LogP contribution >= 0.6 is 0 Å². The summed E-state index contributed by atoms with van der Waals surface area (Å²) in [5.74, 6) is -0.307. The average Bonchev–Trinajstić information content (AvgIpc) is 3.01. The first-order valence-corrected chi connectivity index (χ1v) is 13.4. The van der Waals surface area contributed by atoms with Crippen molar-refractivity contribution in [3.8, 4) is 0 Å². The molecule has 0 atom stereocenters. The number of benzene rings is 2. The van der Waals surface area contributed by atoms with Crippen LogP contribution in [0.5, 0.6) is 0 Å². The number of hydrogen-bond donors (Lipinski definition) is 2. The van der Waals surface area contributed by atoms with Crippen LogP contribution in [0.25, 0.3) is 0 Å². The molecule has 0 saturated carbocycles. The van der Waals surface area contributed by atoms with Gasteiger partial charge in [-0.15, -0.1) is 0 Å². The van der Waals surface area contributed by atoms with Crippen LogP contribution in [0.3, 0.4) is 0 Å². The van der Waals surface area contributed by atoms with E-state index in [-0.39, 0.29) is 11.8 Å². The molecular weight excluding hydrogens is 500 g/mol. The van der Waals surface area contributed by atoms with Crippen LogP contribution in [0.1, 0.15) is 61.0 Å². The first-order valence-electron chi connectivity index (χ1n) is 13.4. The van der Waals surface area contributed by atoms with Crippen LogP contribution in [0.15, 0.2) is 120 Å². The molecule has 2 amide bonds. The molecule has 0 aliphatic rings. The standard InChI is InChI=1S/C32H32N6O2/c39-29(35-37-31(25-15-5-3-6-16-25)27-19-11-13-23-33-27)21-9-1-2-10-22-30(40)36-38-32(26-17-7-4-8-18-26)28-20-12-14-24-34-28/h3-8,11-20,23-24H,1-2,9-10,21-22H2,(H,35,39)(H,36,40). The third-order valence-corrected chi connectivity index (χ3v) is 6.05. The average molecular weight is 533 g/mol. The van der Waals surface area contributed by atoms with Crippen LogP contribution < -0.4 is 10.9 Å². The maximum absolute atomic E-state index is 12.4. The van der Waals surface area contributed by atoms with Gasteiger partial charge in [0.2, 0.25) is 11.8 Å². The molecular formula is C32H32N6O2. The van der Waals surface area contributed by atoms with Crippen LogP contribution in [-0.2, 0) is 9.59 Å². The number of hydrogen-bond acceptors (Lipinski definition) is 6. The highest BCUT2D eigenvalue weighted by molar-refractivity contribution is 6.12. The number of carbonyl (C=O) groups excluding carboxylic acids is 2. The lowest BCUT2D eigenvalue weighted by Gasteiger charge is -2.08. The zero-order valence-electron chi connectivity index (χ0n) is 22.2. The second-order valence-electron chi connectivity index (χ2n) is 9.07. The molecule has 2 heterocycles. The topological polar surface area (TPSA) is 109 Å². The first-order chi connectivity index (χ1) is 19.7. The van der Waals surface area contributed by atoms with Gasteiger partial charge in [-0.3, -0.25) is 19.6 Å². The summed E-state index contributed by atoms with van der Waals surface area (Å²) in [5.41, 5.74) is 9.69. The highest BCUT2D eigenvalue weighted by Gasteiger charge is 2.11. The van der Waals surface area contributed by atoms with Crippen molar-refractivity contribution in [3.63, 3.8) is 0 Å². The molecule has 40 heavy (non-hydrogen) atoms. The lowest BCUT2D eigenvalue weighted by atomic mass is 10.1. The molecule has 0 aliphatic carbocycles. The van der Waals surface area contributed by atoms with Crippen molar-refractivity contribution < 1.29 is 9.59 Å². The highest BCUT2D eigenvalue weighted by atomic mass is 16.2. The number of rotatable bonds is 13. The largest absolute Gasteiger partial charge is 0.273 e. The van der Waals surface area contributed by atoms with Crippen molar-refractivity contribution in [2.75, 3.05) is 0 Å². The van der Waals surface area contributed by atoms with E-state index in [4.69, 9.17) is 0 Å². The van der Waals surface area contributed by atoms with Crippen molar-refractivity contribution in [2.45, 2.75) is 38.5 Å². The van der Waals surface area contributed by atoms with Gasteiger partial charge in [-0.2, -0.15) is 10.2 Å². The second-order valence-corrected chi connectivity index (χ2v) is 9.07. The van der Waals surface area contributed by atoms with Gasteiger partial charge in [0.15, 0.2) is 0 Å². The van der Waals surface area contributed by atoms with E-state index in [1.54, 1.807) is 12.4 Å². The van der Waals surface area contributed by atoms with Gasteiger partial charge in [0.25, 0.3) is 0 Å². The van der Waals surface area contributed by atoms with Gasteiger partial charge in [0.05, 0.1) is 11.4 Å². The van der Waals surface area contributed by atoms with Crippen LogP contribution in [-0.4, -0.2) is 33.2 Å². The van der Waals surface area contributed by atoms with Gasteiger partial charge in [-0.1, -0.05) is 85.6 Å². The van der Waals surface area contributed by atoms with Gasteiger partial charge >= 0.3 is 0 Å². The minimum absolute atomic E-state index is 0.153. The SMILES string of the molecule is O=C(CCCCCCC(=O)NN=C(c1ccccc1)c1ccccn1)NN=C(c1ccccc1)c1ccccn1. The summed E-state index contributed by atoms with van der Waals surface area (Å²) in [5, 5.41) is 8.73. The third-order valence-electron chi connectivity index (χ3n) is 6.05. The van der Waals surface area contributed by atoms with Crippen molar-refractivity contribution in [2.24, 2.45) is 10.2 Å². The van der Waals surface area contributed by atoms with Crippen molar-refractivity contribution >= 4 is 23.2 Å². The molecule has 8 heteroatoms. The van der Waals surface area contributed by atoms with Gasteiger partial charge in [-0.05, 0) is 37.1 Å². The van der Waals surface area contributed by atoms with Crippen molar-refractivity contribution in [1.29, 1.82) is 0 Å². The van der Waals surface area contributed by atoms with E-state index >= 15 is 0 Å². The zero-order chi connectivity index (χ0) is 27.8. The molecule has 0 aliphatic heterocycles. The maximum atomic E-state index is 12.4. The fourth-order valence-corrected chi connectivity index (χ4v) is 4.01. The molecule has 0 saturated heterocycles. The van der Waals surface area contributed by atoms with E-state index in [1.807, 2.05) is 97.1 Å². The predicted octanol–water partition coefficient (Wildman–Crippen LogP) is 5.25. The lowest BCUT2D eigenvalue weighted by Crippen LogP contribution is -2.21. The molecule has 2 aromatic heterocycles. The molecule has 4 aromatic rings. The molecule has 0 radical (unpaired) electrons. The van der Waals surface area contributed by atoms with Gasteiger partial charge < -0.3 is 0 Å². The minimum atomic E-state index is -0.153. The molecule has 2 N–H and O–H groups in total. The summed E-state index contributed by atoms with van der Waals surface area (Å²) in [7, 11) is 0. The number of amides is 2. The summed E-state index contributed by atoms with van der Waals surface area (Å²) < 4.78 is 0. The molecule has 202 valence electrons. The number of pyridine rings is 2. The number of hydrazone groups is 2. The molecule has 4 rings (SSSR count). The Labute approximate surface area is 234 Å². The quantitative estimate of drug-likeness (QED) is 0.139. The minimum Gasteiger partial charge on any atom is -0.273 e. The van der Waals surface area contributed by atoms with Gasteiger partial charge in [0.1, 0.15) is 11.4 Å². The smallest absolute Gasteiger partial charge is 0.240 e. The van der Waals surface area contributed by atoms with E-state index in [0.29, 0.717) is 48.5 Å².